The first-order chi connectivity index (χ1) is 13.8. The maximum Gasteiger partial charge on any atom is 0.344 e. The maximum absolute atomic E-state index is 13.9. The second-order valence-electron chi connectivity index (χ2n) is 5.41. The van der Waals surface area contributed by atoms with Crippen molar-refractivity contribution in [2.24, 2.45) is 5.10 Å². The van der Waals surface area contributed by atoms with E-state index >= 15 is 0 Å². The molecule has 0 aliphatic heterocycles. The van der Waals surface area contributed by atoms with Crippen molar-refractivity contribution in [2.75, 3.05) is 13.2 Å². The number of carbonyl (C=O) groups is 2. The van der Waals surface area contributed by atoms with Gasteiger partial charge in [0, 0.05) is 0 Å². The molecule has 2 aromatic carbocycles. The molecule has 7 nitrogen and oxygen atoms in total. The van der Waals surface area contributed by atoms with E-state index in [1.807, 2.05) is 0 Å². The fourth-order valence-corrected chi connectivity index (χ4v) is 4.25. The Labute approximate surface area is 193 Å². The minimum Gasteiger partial charge on any atom is -0.480 e. The van der Waals surface area contributed by atoms with E-state index in [0.717, 1.165) is 13.2 Å². The molecule has 1 amide bonds. The molecule has 0 radical (unpaired) electrons. The number of carbonyl (C=O) groups excluding carboxylic acids is 2. The normalized spacial score (nSPS) is 10.4. The van der Waals surface area contributed by atoms with Crippen LogP contribution < -0.4 is 10.2 Å². The summed E-state index contributed by atoms with van der Waals surface area (Å²) in [7, 11) is 0. The number of nitrogens with one attached hydrogen (secondary N) is 1. The molecular formula is C19H14FI2N3O4. The summed E-state index contributed by atoms with van der Waals surface area (Å²) < 4.78 is 25.7. The average molecular weight is 621 g/mol. The molecule has 0 aliphatic rings. The van der Waals surface area contributed by atoms with Crippen LogP contribution in [0, 0.1) is 24.3 Å². The van der Waals surface area contributed by atoms with Crippen molar-refractivity contribution >= 4 is 63.3 Å². The topological polar surface area (TPSA) is 101 Å². The van der Waals surface area contributed by atoms with Crippen LogP contribution >= 0.6 is 45.2 Å². The van der Waals surface area contributed by atoms with Gasteiger partial charge in [0.25, 0.3) is 5.91 Å². The molecule has 0 saturated heterocycles. The van der Waals surface area contributed by atoms with Gasteiger partial charge in [-0.3, -0.25) is 4.79 Å². The fraction of sp³-hybridized carbons (Fsp3) is 0.158. The fourth-order valence-electron chi connectivity index (χ4n) is 2.12. The van der Waals surface area contributed by atoms with Crippen LogP contribution in [0.1, 0.15) is 28.4 Å². The number of rotatable bonds is 7. The molecule has 2 rings (SSSR count). The van der Waals surface area contributed by atoms with Crippen molar-refractivity contribution in [1.29, 1.82) is 5.26 Å². The van der Waals surface area contributed by atoms with Crippen molar-refractivity contribution in [3.05, 3.63) is 60.0 Å². The number of nitrogens with zero attached hydrogens (tertiary/aromatic N) is 2. The first-order valence-corrected chi connectivity index (χ1v) is 10.3. The minimum atomic E-state index is -0.802. The smallest absolute Gasteiger partial charge is 0.344 e. The highest BCUT2D eigenvalue weighted by Gasteiger charge is 2.13. The lowest BCUT2D eigenvalue weighted by molar-refractivity contribution is -0.145. The predicted molar refractivity (Wildman–Crippen MR) is 120 cm³/mol. The lowest BCUT2D eigenvalue weighted by Gasteiger charge is -2.10. The van der Waals surface area contributed by atoms with Crippen LogP contribution in [-0.2, 0) is 9.53 Å². The van der Waals surface area contributed by atoms with Crippen molar-refractivity contribution in [3.63, 3.8) is 0 Å². The molecule has 0 heterocycles. The van der Waals surface area contributed by atoms with Crippen LogP contribution in [0.4, 0.5) is 4.39 Å². The first-order valence-electron chi connectivity index (χ1n) is 8.16. The van der Waals surface area contributed by atoms with E-state index in [-0.39, 0.29) is 24.3 Å². The minimum absolute atomic E-state index is 0.122. The van der Waals surface area contributed by atoms with Crippen LogP contribution in [0.3, 0.4) is 0 Å². The number of amides is 1. The Morgan fingerprint density at radius 1 is 1.28 bits per heavy atom. The number of ether oxygens (including phenoxy) is 2. The summed E-state index contributed by atoms with van der Waals surface area (Å²) in [6, 6.07) is 8.85. The molecule has 0 aliphatic carbocycles. The SMILES string of the molecule is CCOC(=O)COc1c(I)cc(/C=N\NC(=O)c2ccc(C#N)cc2F)cc1I. The third-order valence-corrected chi connectivity index (χ3v) is 4.99. The summed E-state index contributed by atoms with van der Waals surface area (Å²) in [6.45, 7) is 1.80. The van der Waals surface area contributed by atoms with Gasteiger partial charge in [0.05, 0.1) is 37.2 Å². The molecule has 0 fully saturated rings. The zero-order valence-corrected chi connectivity index (χ0v) is 19.4. The Hall–Kier alpha value is -2.27. The van der Waals surface area contributed by atoms with Crippen LogP contribution in [-0.4, -0.2) is 31.3 Å². The molecule has 10 heteroatoms. The molecule has 0 saturated carbocycles. The van der Waals surface area contributed by atoms with E-state index in [0.29, 0.717) is 11.3 Å². The van der Waals surface area contributed by atoms with E-state index in [4.69, 9.17) is 14.7 Å². The summed E-state index contributed by atoms with van der Waals surface area (Å²) in [5, 5.41) is 12.6. The average Bonchev–Trinajstić information content (AvgIpc) is 2.67. The summed E-state index contributed by atoms with van der Waals surface area (Å²) in [5.74, 6) is -1.45. The lowest BCUT2D eigenvalue weighted by atomic mass is 10.1. The summed E-state index contributed by atoms with van der Waals surface area (Å²) in [5.41, 5.74) is 2.82. The van der Waals surface area contributed by atoms with E-state index < -0.39 is 17.7 Å². The van der Waals surface area contributed by atoms with Crippen LogP contribution in [0.5, 0.6) is 5.75 Å². The molecule has 150 valence electrons. The lowest BCUT2D eigenvalue weighted by Crippen LogP contribution is -2.19. The number of benzene rings is 2. The largest absolute Gasteiger partial charge is 0.480 e. The first kappa shape index (κ1) is 23.0. The monoisotopic (exact) mass is 621 g/mol. The number of hydrogen-bond donors (Lipinski definition) is 1. The van der Waals surface area contributed by atoms with Crippen molar-refractivity contribution in [3.8, 4) is 11.8 Å². The van der Waals surface area contributed by atoms with E-state index in [1.54, 1.807) is 25.1 Å². The highest BCUT2D eigenvalue weighted by atomic mass is 127. The molecule has 0 unspecified atom stereocenters. The molecule has 2 aromatic rings. The van der Waals surface area contributed by atoms with Gasteiger partial charge in [-0.25, -0.2) is 14.6 Å². The zero-order valence-electron chi connectivity index (χ0n) is 15.0. The van der Waals surface area contributed by atoms with E-state index in [9.17, 15) is 14.0 Å². The molecule has 1 N–H and O–H groups in total. The summed E-state index contributed by atoms with van der Waals surface area (Å²) >= 11 is 4.12. The molecule has 0 aromatic heterocycles. The second kappa shape index (κ2) is 11.1. The van der Waals surface area contributed by atoms with Gasteiger partial charge in [0.15, 0.2) is 6.61 Å². The van der Waals surface area contributed by atoms with Gasteiger partial charge in [-0.1, -0.05) is 0 Å². The van der Waals surface area contributed by atoms with E-state index in [1.165, 1.54) is 18.3 Å². The number of hydrazone groups is 1. The van der Waals surface area contributed by atoms with Gasteiger partial charge in [-0.05, 0) is 88.0 Å². The van der Waals surface area contributed by atoms with Gasteiger partial charge >= 0.3 is 5.97 Å². The highest BCUT2D eigenvalue weighted by Crippen LogP contribution is 2.28. The molecule has 29 heavy (non-hydrogen) atoms. The highest BCUT2D eigenvalue weighted by molar-refractivity contribution is 14.1. The second-order valence-corrected chi connectivity index (χ2v) is 7.74. The molecular weight excluding hydrogens is 607 g/mol. The Balaban J connectivity index is 2.04. The number of nitriles is 1. The Morgan fingerprint density at radius 2 is 1.97 bits per heavy atom. The third kappa shape index (κ3) is 6.64. The maximum atomic E-state index is 13.9. The van der Waals surface area contributed by atoms with Gasteiger partial charge in [0.2, 0.25) is 0 Å². The number of hydrogen-bond acceptors (Lipinski definition) is 6. The van der Waals surface area contributed by atoms with Gasteiger partial charge in [0.1, 0.15) is 11.6 Å². The molecule has 0 atom stereocenters. The van der Waals surface area contributed by atoms with E-state index in [2.05, 4.69) is 55.7 Å². The summed E-state index contributed by atoms with van der Waals surface area (Å²) in [6.07, 6.45) is 1.40. The Kier molecular flexibility index (Phi) is 8.77. The van der Waals surface area contributed by atoms with Gasteiger partial charge in [-0.2, -0.15) is 10.4 Å². The number of halogens is 3. The Bertz CT molecular complexity index is 982. The number of esters is 1. The van der Waals surface area contributed by atoms with Gasteiger partial charge < -0.3 is 9.47 Å². The quantitative estimate of drug-likeness (QED) is 0.221. The van der Waals surface area contributed by atoms with Crippen LogP contribution in [0.2, 0.25) is 0 Å². The standard InChI is InChI=1S/C19H14FI2N3O4/c1-2-28-17(26)10-29-18-15(21)6-12(7-16(18)22)9-24-25-19(27)13-4-3-11(8-23)5-14(13)20/h3-7,9H,2,10H2,1H3,(H,25,27)/b24-9-. The van der Waals surface area contributed by atoms with Crippen molar-refractivity contribution < 1.29 is 23.5 Å². The third-order valence-electron chi connectivity index (χ3n) is 3.38. The molecule has 0 spiro atoms. The Morgan fingerprint density at radius 3 is 2.55 bits per heavy atom. The van der Waals surface area contributed by atoms with Crippen molar-refractivity contribution in [1.82, 2.24) is 5.43 Å². The van der Waals surface area contributed by atoms with Crippen LogP contribution in [0.15, 0.2) is 35.4 Å². The van der Waals surface area contributed by atoms with Crippen molar-refractivity contribution in [2.45, 2.75) is 6.92 Å². The molecule has 0 bridgehead atoms. The van der Waals surface area contributed by atoms with Crippen LogP contribution in [0.25, 0.3) is 0 Å². The van der Waals surface area contributed by atoms with Gasteiger partial charge in [-0.15, -0.1) is 0 Å². The zero-order chi connectivity index (χ0) is 21.4. The predicted octanol–water partition coefficient (Wildman–Crippen LogP) is 3.61. The summed E-state index contributed by atoms with van der Waals surface area (Å²) in [4.78, 5) is 23.5.